The van der Waals surface area contributed by atoms with Gasteiger partial charge >= 0.3 is 0 Å². The van der Waals surface area contributed by atoms with Gasteiger partial charge < -0.3 is 10.6 Å². The second kappa shape index (κ2) is 6.60. The number of benzene rings is 1. The molecule has 1 aliphatic carbocycles. The third-order valence-corrected chi connectivity index (χ3v) is 3.79. The zero-order chi connectivity index (χ0) is 13.7. The minimum Gasteiger partial charge on any atom is -0.385 e. The molecule has 1 aliphatic rings. The Morgan fingerprint density at radius 3 is 2.63 bits per heavy atom. The molecule has 0 atom stereocenters. The summed E-state index contributed by atoms with van der Waals surface area (Å²) in [6.07, 6.45) is 6.04. The summed E-state index contributed by atoms with van der Waals surface area (Å²) in [6, 6.07) is 6.31. The van der Waals surface area contributed by atoms with Crippen molar-refractivity contribution in [3.8, 4) is 0 Å². The first-order valence-electron chi connectivity index (χ1n) is 7.36. The normalized spacial score (nSPS) is 16.1. The second-order valence-corrected chi connectivity index (χ2v) is 5.37. The molecule has 1 aromatic rings. The highest BCUT2D eigenvalue weighted by Gasteiger charge is 2.17. The Morgan fingerprint density at radius 1 is 1.26 bits per heavy atom. The Bertz CT molecular complexity index is 436. The highest BCUT2D eigenvalue weighted by molar-refractivity contribution is 5.96. The number of nitrogens with one attached hydrogen (secondary N) is 2. The van der Waals surface area contributed by atoms with Crippen molar-refractivity contribution in [3.05, 3.63) is 29.3 Å². The summed E-state index contributed by atoms with van der Waals surface area (Å²) in [5, 5.41) is 6.43. The summed E-state index contributed by atoms with van der Waals surface area (Å²) >= 11 is 0. The number of hydrogen-bond donors (Lipinski definition) is 2. The maximum atomic E-state index is 12.3. The summed E-state index contributed by atoms with van der Waals surface area (Å²) in [5.74, 6) is 0.0763. The number of amides is 1. The van der Waals surface area contributed by atoms with Crippen molar-refractivity contribution in [2.45, 2.75) is 52.0 Å². The van der Waals surface area contributed by atoms with E-state index in [1.165, 1.54) is 19.3 Å². The molecule has 19 heavy (non-hydrogen) atoms. The summed E-state index contributed by atoms with van der Waals surface area (Å²) in [5.41, 5.74) is 2.91. The van der Waals surface area contributed by atoms with Crippen LogP contribution in [0.3, 0.4) is 0 Å². The molecule has 104 valence electrons. The fourth-order valence-corrected chi connectivity index (χ4v) is 2.74. The van der Waals surface area contributed by atoms with Crippen molar-refractivity contribution in [3.63, 3.8) is 0 Å². The van der Waals surface area contributed by atoms with E-state index in [0.717, 1.165) is 36.2 Å². The van der Waals surface area contributed by atoms with Crippen LogP contribution in [0, 0.1) is 6.92 Å². The van der Waals surface area contributed by atoms with E-state index >= 15 is 0 Å². The lowest BCUT2D eigenvalue weighted by Crippen LogP contribution is -2.36. The Labute approximate surface area is 115 Å². The molecule has 1 aromatic carbocycles. The van der Waals surface area contributed by atoms with Gasteiger partial charge in [-0.2, -0.15) is 0 Å². The van der Waals surface area contributed by atoms with E-state index < -0.39 is 0 Å². The Kier molecular flexibility index (Phi) is 4.83. The van der Waals surface area contributed by atoms with Gasteiger partial charge in [0.25, 0.3) is 5.91 Å². The molecule has 0 aliphatic heterocycles. The molecular formula is C16H24N2O. The monoisotopic (exact) mass is 260 g/mol. The van der Waals surface area contributed by atoms with E-state index in [2.05, 4.69) is 17.6 Å². The maximum Gasteiger partial charge on any atom is 0.251 e. The molecular weight excluding hydrogens is 236 g/mol. The molecule has 0 spiro atoms. The maximum absolute atomic E-state index is 12.3. The lowest BCUT2D eigenvalue weighted by atomic mass is 9.95. The SMILES string of the molecule is CCNc1ccc(C(=O)NC2CCCCC2)c(C)c1. The first-order chi connectivity index (χ1) is 9.20. The zero-order valence-electron chi connectivity index (χ0n) is 12.0. The lowest BCUT2D eigenvalue weighted by Gasteiger charge is -2.23. The van der Waals surface area contributed by atoms with E-state index in [9.17, 15) is 4.79 Å². The number of rotatable bonds is 4. The van der Waals surface area contributed by atoms with Gasteiger partial charge in [0.2, 0.25) is 0 Å². The van der Waals surface area contributed by atoms with Crippen LogP contribution in [0.2, 0.25) is 0 Å². The molecule has 2 rings (SSSR count). The number of hydrogen-bond acceptors (Lipinski definition) is 2. The van der Waals surface area contributed by atoms with E-state index in [4.69, 9.17) is 0 Å². The molecule has 0 heterocycles. The van der Waals surface area contributed by atoms with Gasteiger partial charge in [0.15, 0.2) is 0 Å². The predicted molar refractivity (Wildman–Crippen MR) is 79.7 cm³/mol. The van der Waals surface area contributed by atoms with Crippen LogP contribution in [0.4, 0.5) is 5.69 Å². The highest BCUT2D eigenvalue weighted by Crippen LogP contribution is 2.19. The first kappa shape index (κ1) is 13.9. The van der Waals surface area contributed by atoms with Gasteiger partial charge in [-0.1, -0.05) is 19.3 Å². The van der Waals surface area contributed by atoms with Crippen LogP contribution in [-0.2, 0) is 0 Å². The fraction of sp³-hybridized carbons (Fsp3) is 0.562. The van der Waals surface area contributed by atoms with Gasteiger partial charge in [-0.15, -0.1) is 0 Å². The third kappa shape index (κ3) is 3.72. The molecule has 0 unspecified atom stereocenters. The van der Waals surface area contributed by atoms with Crippen molar-refractivity contribution >= 4 is 11.6 Å². The van der Waals surface area contributed by atoms with Gasteiger partial charge in [-0.3, -0.25) is 4.79 Å². The lowest BCUT2D eigenvalue weighted by molar-refractivity contribution is 0.0927. The van der Waals surface area contributed by atoms with Crippen molar-refractivity contribution in [1.29, 1.82) is 0 Å². The molecule has 3 heteroatoms. The molecule has 1 saturated carbocycles. The largest absolute Gasteiger partial charge is 0.385 e. The van der Waals surface area contributed by atoms with Crippen LogP contribution >= 0.6 is 0 Å². The van der Waals surface area contributed by atoms with E-state index in [-0.39, 0.29) is 5.91 Å². The van der Waals surface area contributed by atoms with Gasteiger partial charge in [0, 0.05) is 23.8 Å². The van der Waals surface area contributed by atoms with Gasteiger partial charge in [-0.25, -0.2) is 0 Å². The summed E-state index contributed by atoms with van der Waals surface area (Å²) in [4.78, 5) is 12.3. The Morgan fingerprint density at radius 2 is 2.00 bits per heavy atom. The van der Waals surface area contributed by atoms with Crippen molar-refractivity contribution < 1.29 is 4.79 Å². The smallest absolute Gasteiger partial charge is 0.251 e. The van der Waals surface area contributed by atoms with Crippen molar-refractivity contribution in [2.24, 2.45) is 0 Å². The van der Waals surface area contributed by atoms with Gasteiger partial charge in [0.1, 0.15) is 0 Å². The van der Waals surface area contributed by atoms with Crippen LogP contribution in [0.1, 0.15) is 54.9 Å². The Balaban J connectivity index is 2.01. The van der Waals surface area contributed by atoms with Crippen LogP contribution in [0.15, 0.2) is 18.2 Å². The van der Waals surface area contributed by atoms with E-state index in [1.807, 2.05) is 25.1 Å². The molecule has 1 fully saturated rings. The van der Waals surface area contributed by atoms with E-state index in [0.29, 0.717) is 6.04 Å². The fourth-order valence-electron chi connectivity index (χ4n) is 2.74. The number of carbonyl (C=O) groups excluding carboxylic acids is 1. The predicted octanol–water partition coefficient (Wildman–Crippen LogP) is 3.49. The molecule has 2 N–H and O–H groups in total. The summed E-state index contributed by atoms with van der Waals surface area (Å²) in [6.45, 7) is 4.96. The molecule has 0 bridgehead atoms. The number of aryl methyl sites for hydroxylation is 1. The van der Waals surface area contributed by atoms with Gasteiger partial charge in [0.05, 0.1) is 0 Å². The minimum absolute atomic E-state index is 0.0763. The average molecular weight is 260 g/mol. The molecule has 0 saturated heterocycles. The third-order valence-electron chi connectivity index (χ3n) is 3.79. The van der Waals surface area contributed by atoms with Crippen LogP contribution in [0.25, 0.3) is 0 Å². The molecule has 0 radical (unpaired) electrons. The van der Waals surface area contributed by atoms with Crippen molar-refractivity contribution in [1.82, 2.24) is 5.32 Å². The molecule has 3 nitrogen and oxygen atoms in total. The topological polar surface area (TPSA) is 41.1 Å². The number of carbonyl (C=O) groups is 1. The van der Waals surface area contributed by atoms with Gasteiger partial charge in [-0.05, 0) is 50.5 Å². The van der Waals surface area contributed by atoms with Crippen molar-refractivity contribution in [2.75, 3.05) is 11.9 Å². The summed E-state index contributed by atoms with van der Waals surface area (Å²) < 4.78 is 0. The summed E-state index contributed by atoms with van der Waals surface area (Å²) in [7, 11) is 0. The van der Waals surface area contributed by atoms with Crippen LogP contribution in [0.5, 0.6) is 0 Å². The highest BCUT2D eigenvalue weighted by atomic mass is 16.1. The second-order valence-electron chi connectivity index (χ2n) is 5.37. The zero-order valence-corrected chi connectivity index (χ0v) is 12.0. The minimum atomic E-state index is 0.0763. The number of anilines is 1. The van der Waals surface area contributed by atoms with Crippen LogP contribution < -0.4 is 10.6 Å². The Hall–Kier alpha value is -1.51. The van der Waals surface area contributed by atoms with Crippen LogP contribution in [-0.4, -0.2) is 18.5 Å². The standard InChI is InChI=1S/C16H24N2O/c1-3-17-14-9-10-15(12(2)11-14)16(19)18-13-7-5-4-6-8-13/h9-11,13,17H,3-8H2,1-2H3,(H,18,19). The average Bonchev–Trinajstić information content (AvgIpc) is 2.40. The quantitative estimate of drug-likeness (QED) is 0.870. The molecule has 0 aromatic heterocycles. The van der Waals surface area contributed by atoms with E-state index in [1.54, 1.807) is 0 Å². The molecule has 1 amide bonds. The first-order valence-corrected chi connectivity index (χ1v) is 7.36.